The van der Waals surface area contributed by atoms with Gasteiger partial charge in [0, 0.05) is 7.05 Å². The molecule has 0 aliphatic carbocycles. The summed E-state index contributed by atoms with van der Waals surface area (Å²) in [5.74, 6) is 0.195. The van der Waals surface area contributed by atoms with E-state index < -0.39 is 10.0 Å². The lowest BCUT2D eigenvalue weighted by atomic mass is 10.1. The van der Waals surface area contributed by atoms with Crippen LogP contribution in [-0.2, 0) is 16.4 Å². The fraction of sp³-hybridized carbons (Fsp3) is 0.571. The van der Waals surface area contributed by atoms with E-state index >= 15 is 0 Å². The molecule has 0 aromatic heterocycles. The molecular formula is C14H24N2O2S. The van der Waals surface area contributed by atoms with Crippen molar-refractivity contribution in [2.45, 2.75) is 26.2 Å². The van der Waals surface area contributed by atoms with E-state index in [9.17, 15) is 8.42 Å². The summed E-state index contributed by atoms with van der Waals surface area (Å²) in [6.07, 6.45) is 2.51. The number of unbranched alkanes of at least 4 members (excludes halogenated alkanes) is 1. The Morgan fingerprint density at radius 3 is 2.32 bits per heavy atom. The molecule has 1 rings (SSSR count). The number of hydrogen-bond donors (Lipinski definition) is 1. The Hall–Kier alpha value is -1.07. The summed E-state index contributed by atoms with van der Waals surface area (Å²) in [5.41, 5.74) is 1.94. The Kier molecular flexibility index (Phi) is 6.31. The monoisotopic (exact) mass is 284 g/mol. The summed E-state index contributed by atoms with van der Waals surface area (Å²) in [7, 11) is 0.283. The molecule has 4 nitrogen and oxygen atoms in total. The maximum atomic E-state index is 12.2. The summed E-state index contributed by atoms with van der Waals surface area (Å²) in [6, 6.07) is 7.68. The number of sulfonamides is 1. The third kappa shape index (κ3) is 4.84. The smallest absolute Gasteiger partial charge is 0.234 e. The van der Waals surface area contributed by atoms with Crippen LogP contribution in [0.3, 0.4) is 0 Å². The molecule has 0 bridgehead atoms. The lowest BCUT2D eigenvalue weighted by Crippen LogP contribution is -2.29. The summed E-state index contributed by atoms with van der Waals surface area (Å²) in [6.45, 7) is 2.93. The highest BCUT2D eigenvalue weighted by molar-refractivity contribution is 7.92. The highest BCUT2D eigenvalue weighted by Gasteiger charge is 2.17. The fourth-order valence-corrected chi connectivity index (χ4v) is 3.11. The van der Waals surface area contributed by atoms with Gasteiger partial charge < -0.3 is 5.32 Å². The Balaban J connectivity index is 2.65. The molecule has 1 aromatic rings. The third-order valence-electron chi connectivity index (χ3n) is 3.20. The zero-order valence-corrected chi connectivity index (χ0v) is 12.8. The second-order valence-corrected chi connectivity index (χ2v) is 6.73. The van der Waals surface area contributed by atoms with Gasteiger partial charge in [0.25, 0.3) is 0 Å². The molecule has 0 heterocycles. The lowest BCUT2D eigenvalue weighted by molar-refractivity contribution is 0.588. The Bertz CT molecular complexity index is 469. The molecule has 0 saturated heterocycles. The van der Waals surface area contributed by atoms with Crippen molar-refractivity contribution < 1.29 is 8.42 Å². The van der Waals surface area contributed by atoms with Gasteiger partial charge in [-0.05, 0) is 50.6 Å². The number of nitrogens with zero attached hydrogens (tertiary/aromatic N) is 1. The van der Waals surface area contributed by atoms with E-state index in [0.717, 1.165) is 25.1 Å². The first-order chi connectivity index (χ1) is 9.01. The number of hydrogen-bond acceptors (Lipinski definition) is 3. The van der Waals surface area contributed by atoms with Gasteiger partial charge in [-0.2, -0.15) is 0 Å². The van der Waals surface area contributed by atoms with Gasteiger partial charge in [-0.1, -0.05) is 19.1 Å². The molecule has 0 amide bonds. The van der Waals surface area contributed by atoms with Crippen molar-refractivity contribution >= 4 is 15.7 Å². The second kappa shape index (κ2) is 7.50. The molecule has 0 fully saturated rings. The minimum Gasteiger partial charge on any atom is -0.320 e. The van der Waals surface area contributed by atoms with Crippen LogP contribution in [-0.4, -0.2) is 34.8 Å². The molecule has 0 radical (unpaired) electrons. The zero-order chi connectivity index (χ0) is 14.3. The van der Waals surface area contributed by atoms with Crippen LogP contribution in [0.2, 0.25) is 0 Å². The van der Waals surface area contributed by atoms with Crippen LogP contribution in [0.1, 0.15) is 25.3 Å². The van der Waals surface area contributed by atoms with Crippen molar-refractivity contribution in [2.24, 2.45) is 0 Å². The highest BCUT2D eigenvalue weighted by Crippen LogP contribution is 2.18. The molecule has 1 aromatic carbocycles. The average molecular weight is 284 g/mol. The quantitative estimate of drug-likeness (QED) is 0.743. The van der Waals surface area contributed by atoms with Crippen molar-refractivity contribution in [1.82, 2.24) is 5.32 Å². The molecule has 0 aliphatic rings. The van der Waals surface area contributed by atoms with Crippen LogP contribution in [0.25, 0.3) is 0 Å². The predicted octanol–water partition coefficient (Wildman–Crippen LogP) is 2.01. The van der Waals surface area contributed by atoms with E-state index in [1.54, 1.807) is 7.05 Å². The van der Waals surface area contributed by atoms with Gasteiger partial charge in [0.1, 0.15) is 0 Å². The van der Waals surface area contributed by atoms with E-state index in [0.29, 0.717) is 6.42 Å². The summed E-state index contributed by atoms with van der Waals surface area (Å²) >= 11 is 0. The third-order valence-corrected chi connectivity index (χ3v) is 5.05. The van der Waals surface area contributed by atoms with Gasteiger partial charge in [0.2, 0.25) is 10.0 Å². The Morgan fingerprint density at radius 2 is 1.79 bits per heavy atom. The van der Waals surface area contributed by atoms with Gasteiger partial charge in [-0.15, -0.1) is 0 Å². The standard InChI is InChI=1S/C14H24N2O2S/c1-4-13-7-9-14(10-8-13)16(3)19(17,18)12-6-5-11-15-2/h7-10,15H,4-6,11-12H2,1-3H3. The van der Waals surface area contributed by atoms with Crippen molar-refractivity contribution in [3.05, 3.63) is 29.8 Å². The van der Waals surface area contributed by atoms with E-state index in [4.69, 9.17) is 0 Å². The minimum atomic E-state index is -3.21. The summed E-state index contributed by atoms with van der Waals surface area (Å²) in [5, 5.41) is 3.02. The molecular weight excluding hydrogens is 260 g/mol. The Labute approximate surface area is 116 Å². The van der Waals surface area contributed by atoms with Crippen molar-refractivity contribution in [3.8, 4) is 0 Å². The first kappa shape index (κ1) is 16.0. The van der Waals surface area contributed by atoms with Crippen LogP contribution in [0, 0.1) is 0 Å². The molecule has 5 heteroatoms. The van der Waals surface area contributed by atoms with E-state index in [1.807, 2.05) is 31.3 Å². The topological polar surface area (TPSA) is 49.4 Å². The molecule has 108 valence electrons. The highest BCUT2D eigenvalue weighted by atomic mass is 32.2. The SMILES string of the molecule is CCc1ccc(N(C)S(=O)(=O)CCCCNC)cc1. The maximum Gasteiger partial charge on any atom is 0.234 e. The van der Waals surface area contributed by atoms with Gasteiger partial charge >= 0.3 is 0 Å². The van der Waals surface area contributed by atoms with Crippen LogP contribution < -0.4 is 9.62 Å². The van der Waals surface area contributed by atoms with E-state index in [-0.39, 0.29) is 5.75 Å². The van der Waals surface area contributed by atoms with Gasteiger partial charge in [-0.3, -0.25) is 4.31 Å². The van der Waals surface area contributed by atoms with Gasteiger partial charge in [0.15, 0.2) is 0 Å². The van der Waals surface area contributed by atoms with E-state index in [2.05, 4.69) is 12.2 Å². The average Bonchev–Trinajstić information content (AvgIpc) is 2.43. The minimum absolute atomic E-state index is 0.195. The predicted molar refractivity (Wildman–Crippen MR) is 81.2 cm³/mol. The molecule has 0 unspecified atom stereocenters. The molecule has 0 spiro atoms. The maximum absolute atomic E-state index is 12.2. The number of nitrogens with one attached hydrogen (secondary N) is 1. The number of benzene rings is 1. The van der Waals surface area contributed by atoms with Crippen LogP contribution >= 0.6 is 0 Å². The van der Waals surface area contributed by atoms with Gasteiger partial charge in [0.05, 0.1) is 11.4 Å². The lowest BCUT2D eigenvalue weighted by Gasteiger charge is -2.19. The zero-order valence-electron chi connectivity index (χ0n) is 12.0. The molecule has 0 atom stereocenters. The molecule has 19 heavy (non-hydrogen) atoms. The Morgan fingerprint density at radius 1 is 1.16 bits per heavy atom. The van der Waals surface area contributed by atoms with Crippen molar-refractivity contribution in [3.63, 3.8) is 0 Å². The number of anilines is 1. The molecule has 0 aliphatic heterocycles. The molecule has 0 saturated carbocycles. The normalized spacial score (nSPS) is 11.5. The second-order valence-electron chi connectivity index (χ2n) is 4.61. The van der Waals surface area contributed by atoms with Gasteiger partial charge in [-0.25, -0.2) is 8.42 Å². The van der Waals surface area contributed by atoms with Crippen LogP contribution in [0.4, 0.5) is 5.69 Å². The van der Waals surface area contributed by atoms with Crippen LogP contribution in [0.15, 0.2) is 24.3 Å². The largest absolute Gasteiger partial charge is 0.320 e. The van der Waals surface area contributed by atoms with Crippen LogP contribution in [0.5, 0.6) is 0 Å². The summed E-state index contributed by atoms with van der Waals surface area (Å²) < 4.78 is 25.7. The van der Waals surface area contributed by atoms with E-state index in [1.165, 1.54) is 9.87 Å². The van der Waals surface area contributed by atoms with Crippen molar-refractivity contribution in [1.29, 1.82) is 0 Å². The molecule has 1 N–H and O–H groups in total. The van der Waals surface area contributed by atoms with Crippen molar-refractivity contribution in [2.75, 3.05) is 30.7 Å². The summed E-state index contributed by atoms with van der Waals surface area (Å²) in [4.78, 5) is 0. The fourth-order valence-electron chi connectivity index (χ4n) is 1.83. The first-order valence-corrected chi connectivity index (χ1v) is 8.32. The number of aryl methyl sites for hydroxylation is 1. The first-order valence-electron chi connectivity index (χ1n) is 6.71. The number of rotatable bonds is 8.